The SMILES string of the molecule is CC.CC(C)c1cccc(OC2CC2)c1.Cc1cccc2c1CCN2C. The van der Waals surface area contributed by atoms with Gasteiger partial charge < -0.3 is 9.64 Å². The highest BCUT2D eigenvalue weighted by atomic mass is 16.5. The maximum atomic E-state index is 5.72. The Kier molecular flexibility index (Phi) is 7.56. The van der Waals surface area contributed by atoms with Gasteiger partial charge in [-0.25, -0.2) is 0 Å². The Balaban J connectivity index is 0.000000173. The third-order valence-corrected chi connectivity index (χ3v) is 4.85. The van der Waals surface area contributed by atoms with Gasteiger partial charge in [0.2, 0.25) is 0 Å². The van der Waals surface area contributed by atoms with Crippen LogP contribution in [0.2, 0.25) is 0 Å². The maximum Gasteiger partial charge on any atom is 0.119 e. The molecule has 2 aromatic rings. The number of benzene rings is 2. The summed E-state index contributed by atoms with van der Waals surface area (Å²) >= 11 is 0. The van der Waals surface area contributed by atoms with Crippen LogP contribution >= 0.6 is 0 Å². The normalized spacial score (nSPS) is 14.8. The number of aryl methyl sites for hydroxylation is 1. The molecule has 2 aromatic carbocycles. The summed E-state index contributed by atoms with van der Waals surface area (Å²) in [4.78, 5) is 2.32. The fraction of sp³-hybridized carbons (Fsp3) is 0.500. The maximum absolute atomic E-state index is 5.72. The lowest BCUT2D eigenvalue weighted by Crippen LogP contribution is -2.12. The number of likely N-dealkylation sites (N-methyl/N-ethyl adjacent to an activating group) is 1. The number of hydrogen-bond donors (Lipinski definition) is 0. The lowest BCUT2D eigenvalue weighted by molar-refractivity contribution is 0.303. The van der Waals surface area contributed by atoms with Gasteiger partial charge in [-0.2, -0.15) is 0 Å². The van der Waals surface area contributed by atoms with Crippen LogP contribution in [0.3, 0.4) is 0 Å². The monoisotopic (exact) mass is 353 g/mol. The molecular weight excluding hydrogens is 318 g/mol. The van der Waals surface area contributed by atoms with Crippen LogP contribution in [0.1, 0.15) is 63.1 Å². The van der Waals surface area contributed by atoms with E-state index >= 15 is 0 Å². The molecule has 0 N–H and O–H groups in total. The fourth-order valence-corrected chi connectivity index (χ4v) is 3.09. The van der Waals surface area contributed by atoms with E-state index in [-0.39, 0.29) is 0 Å². The van der Waals surface area contributed by atoms with E-state index in [0.29, 0.717) is 12.0 Å². The van der Waals surface area contributed by atoms with Crippen molar-refractivity contribution in [2.24, 2.45) is 0 Å². The standard InChI is InChI=1S/C12H16O.C10H13N.C2H6/c1-9(2)10-4-3-5-12(8-10)13-11-6-7-11;1-8-4-3-5-10-9(8)6-7-11(10)2;1-2/h3-5,8-9,11H,6-7H2,1-2H3;3-5H,6-7H2,1-2H3;1-2H3. The van der Waals surface area contributed by atoms with Crippen LogP contribution in [-0.4, -0.2) is 19.7 Å². The first kappa shape index (κ1) is 20.4. The summed E-state index contributed by atoms with van der Waals surface area (Å²) in [5.74, 6) is 1.62. The van der Waals surface area contributed by atoms with Gasteiger partial charge in [-0.3, -0.25) is 0 Å². The molecule has 2 aliphatic rings. The number of fused-ring (bicyclic) bond motifs is 1. The van der Waals surface area contributed by atoms with E-state index < -0.39 is 0 Å². The van der Waals surface area contributed by atoms with Crippen molar-refractivity contribution in [3.63, 3.8) is 0 Å². The summed E-state index contributed by atoms with van der Waals surface area (Å²) < 4.78 is 5.72. The lowest BCUT2D eigenvalue weighted by atomic mass is 10.0. The Labute approximate surface area is 160 Å². The van der Waals surface area contributed by atoms with Gasteiger partial charge in [0.25, 0.3) is 0 Å². The van der Waals surface area contributed by atoms with Crippen molar-refractivity contribution in [2.45, 2.75) is 65.9 Å². The van der Waals surface area contributed by atoms with Crippen LogP contribution in [0.4, 0.5) is 5.69 Å². The van der Waals surface area contributed by atoms with E-state index in [1.54, 1.807) is 0 Å². The van der Waals surface area contributed by atoms with Crippen LogP contribution < -0.4 is 9.64 Å². The molecular formula is C24H35NO. The van der Waals surface area contributed by atoms with Crippen molar-refractivity contribution in [3.05, 3.63) is 59.2 Å². The zero-order chi connectivity index (χ0) is 19.1. The molecule has 1 aliphatic heterocycles. The van der Waals surface area contributed by atoms with Crippen molar-refractivity contribution in [1.29, 1.82) is 0 Å². The summed E-state index contributed by atoms with van der Waals surface area (Å²) in [6, 6.07) is 15.0. The molecule has 0 bridgehead atoms. The molecule has 1 saturated carbocycles. The minimum atomic E-state index is 0.502. The second-order valence-electron chi connectivity index (χ2n) is 7.29. The summed E-state index contributed by atoms with van der Waals surface area (Å²) in [5, 5.41) is 0. The number of nitrogens with zero attached hydrogens (tertiary/aromatic N) is 1. The number of rotatable bonds is 3. The van der Waals surface area contributed by atoms with Gasteiger partial charge in [-0.05, 0) is 67.0 Å². The van der Waals surface area contributed by atoms with Gasteiger partial charge in [-0.1, -0.05) is 52.0 Å². The highest BCUT2D eigenvalue weighted by Crippen LogP contribution is 2.29. The van der Waals surface area contributed by atoms with Gasteiger partial charge >= 0.3 is 0 Å². The third-order valence-electron chi connectivity index (χ3n) is 4.85. The third kappa shape index (κ3) is 5.52. The van der Waals surface area contributed by atoms with E-state index in [2.05, 4.69) is 69.1 Å². The molecule has 0 radical (unpaired) electrons. The van der Waals surface area contributed by atoms with Gasteiger partial charge in [-0.15, -0.1) is 0 Å². The van der Waals surface area contributed by atoms with Gasteiger partial charge in [0, 0.05) is 19.3 Å². The number of hydrogen-bond acceptors (Lipinski definition) is 2. The molecule has 1 heterocycles. The largest absolute Gasteiger partial charge is 0.490 e. The van der Waals surface area contributed by atoms with E-state index in [9.17, 15) is 0 Å². The summed E-state index contributed by atoms with van der Waals surface area (Å²) in [6.45, 7) is 11.8. The molecule has 1 fully saturated rings. The van der Waals surface area contributed by atoms with Crippen molar-refractivity contribution in [3.8, 4) is 5.75 Å². The van der Waals surface area contributed by atoms with E-state index in [1.807, 2.05) is 19.9 Å². The van der Waals surface area contributed by atoms with Crippen molar-refractivity contribution >= 4 is 5.69 Å². The number of ether oxygens (including phenoxy) is 1. The van der Waals surface area contributed by atoms with Crippen LogP contribution in [0.5, 0.6) is 5.75 Å². The Hall–Kier alpha value is -1.96. The fourth-order valence-electron chi connectivity index (χ4n) is 3.09. The molecule has 2 nitrogen and oxygen atoms in total. The second kappa shape index (κ2) is 9.66. The average molecular weight is 354 g/mol. The molecule has 0 atom stereocenters. The van der Waals surface area contributed by atoms with E-state index in [0.717, 1.165) is 5.75 Å². The summed E-state index contributed by atoms with van der Waals surface area (Å²) in [6.07, 6.45) is 4.18. The molecule has 142 valence electrons. The van der Waals surface area contributed by atoms with Crippen LogP contribution in [-0.2, 0) is 6.42 Å². The zero-order valence-corrected chi connectivity index (χ0v) is 17.4. The van der Waals surface area contributed by atoms with Crippen molar-refractivity contribution in [1.82, 2.24) is 0 Å². The summed E-state index contributed by atoms with van der Waals surface area (Å²) in [5.41, 5.74) is 5.75. The first-order valence-corrected chi connectivity index (χ1v) is 10.1. The molecule has 1 aliphatic carbocycles. The molecule has 0 aromatic heterocycles. The van der Waals surface area contributed by atoms with Gasteiger partial charge in [0.05, 0.1) is 6.10 Å². The molecule has 0 amide bonds. The predicted octanol–water partition coefficient (Wildman–Crippen LogP) is 6.36. The molecule has 0 spiro atoms. The minimum absolute atomic E-state index is 0.502. The Morgan fingerprint density at radius 3 is 2.35 bits per heavy atom. The summed E-state index contributed by atoms with van der Waals surface area (Å²) in [7, 11) is 2.16. The minimum Gasteiger partial charge on any atom is -0.490 e. The molecule has 0 unspecified atom stereocenters. The van der Waals surface area contributed by atoms with E-state index in [4.69, 9.17) is 4.74 Å². The molecule has 0 saturated heterocycles. The Bertz CT molecular complexity index is 688. The van der Waals surface area contributed by atoms with Gasteiger partial charge in [0.1, 0.15) is 5.75 Å². The van der Waals surface area contributed by atoms with Crippen LogP contribution in [0.15, 0.2) is 42.5 Å². The van der Waals surface area contributed by atoms with Crippen LogP contribution in [0, 0.1) is 6.92 Å². The van der Waals surface area contributed by atoms with Gasteiger partial charge in [0.15, 0.2) is 0 Å². The second-order valence-corrected chi connectivity index (χ2v) is 7.29. The smallest absolute Gasteiger partial charge is 0.119 e. The Morgan fingerprint density at radius 1 is 1.04 bits per heavy atom. The molecule has 4 rings (SSSR count). The highest BCUT2D eigenvalue weighted by Gasteiger charge is 2.23. The average Bonchev–Trinajstić information content (AvgIpc) is 3.38. The van der Waals surface area contributed by atoms with Crippen LogP contribution in [0.25, 0.3) is 0 Å². The Morgan fingerprint density at radius 2 is 1.73 bits per heavy atom. The predicted molar refractivity (Wildman–Crippen MR) is 114 cm³/mol. The van der Waals surface area contributed by atoms with Crippen molar-refractivity contribution < 1.29 is 4.74 Å². The first-order chi connectivity index (χ1) is 12.5. The first-order valence-electron chi connectivity index (χ1n) is 10.1. The van der Waals surface area contributed by atoms with Crippen molar-refractivity contribution in [2.75, 3.05) is 18.5 Å². The zero-order valence-electron chi connectivity index (χ0n) is 17.4. The number of anilines is 1. The molecule has 26 heavy (non-hydrogen) atoms. The molecule has 2 heteroatoms. The quantitative estimate of drug-likeness (QED) is 0.636. The highest BCUT2D eigenvalue weighted by molar-refractivity contribution is 5.59. The topological polar surface area (TPSA) is 12.5 Å². The lowest BCUT2D eigenvalue weighted by Gasteiger charge is -2.11. The van der Waals surface area contributed by atoms with E-state index in [1.165, 1.54) is 48.2 Å².